The number of rotatable bonds is 8. The zero-order valence-corrected chi connectivity index (χ0v) is 9.60. The third kappa shape index (κ3) is 8.26. The van der Waals surface area contributed by atoms with Crippen molar-refractivity contribution in [2.45, 2.75) is 59.1 Å². The van der Waals surface area contributed by atoms with Gasteiger partial charge in [-0.25, -0.2) is 0 Å². The van der Waals surface area contributed by atoms with Crippen LogP contribution in [0.4, 0.5) is 0 Å². The molecule has 0 aliphatic heterocycles. The van der Waals surface area contributed by atoms with Crippen LogP contribution in [0.3, 0.4) is 0 Å². The largest absolute Gasteiger partial charge is 0.378 e. The van der Waals surface area contributed by atoms with E-state index >= 15 is 0 Å². The summed E-state index contributed by atoms with van der Waals surface area (Å²) in [5, 5.41) is 3.38. The van der Waals surface area contributed by atoms with Gasteiger partial charge in [0.15, 0.2) is 0 Å². The van der Waals surface area contributed by atoms with E-state index in [9.17, 15) is 0 Å². The first-order chi connectivity index (χ1) is 6.20. The van der Waals surface area contributed by atoms with Crippen molar-refractivity contribution in [3.05, 3.63) is 0 Å². The van der Waals surface area contributed by atoms with E-state index in [0.717, 1.165) is 32.4 Å². The third-order valence-electron chi connectivity index (χ3n) is 2.14. The highest BCUT2D eigenvalue weighted by Gasteiger charge is 2.01. The minimum absolute atomic E-state index is 0.471. The standard InChI is InChI=1S/C11H25NO/c1-5-11(6-2)13-9-7-8-12-10(3)4/h10-12H,5-9H2,1-4H3. The Morgan fingerprint density at radius 2 is 1.77 bits per heavy atom. The van der Waals surface area contributed by atoms with Crippen molar-refractivity contribution in [2.75, 3.05) is 13.2 Å². The van der Waals surface area contributed by atoms with Crippen molar-refractivity contribution in [1.82, 2.24) is 5.32 Å². The van der Waals surface area contributed by atoms with Crippen molar-refractivity contribution in [1.29, 1.82) is 0 Å². The van der Waals surface area contributed by atoms with Crippen molar-refractivity contribution in [3.8, 4) is 0 Å². The van der Waals surface area contributed by atoms with Gasteiger partial charge in [0.25, 0.3) is 0 Å². The van der Waals surface area contributed by atoms with Gasteiger partial charge in [-0.15, -0.1) is 0 Å². The first kappa shape index (κ1) is 12.9. The number of hydrogen-bond acceptors (Lipinski definition) is 2. The summed E-state index contributed by atoms with van der Waals surface area (Å²) >= 11 is 0. The second kappa shape index (κ2) is 8.52. The zero-order chi connectivity index (χ0) is 10.1. The van der Waals surface area contributed by atoms with Gasteiger partial charge in [0, 0.05) is 12.6 Å². The summed E-state index contributed by atoms with van der Waals surface area (Å²) in [6.45, 7) is 10.7. The number of ether oxygens (including phenoxy) is 1. The monoisotopic (exact) mass is 187 g/mol. The Balaban J connectivity index is 3.14. The average Bonchev–Trinajstić information content (AvgIpc) is 2.11. The number of hydrogen-bond donors (Lipinski definition) is 1. The van der Waals surface area contributed by atoms with Crippen molar-refractivity contribution in [3.63, 3.8) is 0 Å². The molecule has 0 aliphatic rings. The lowest BCUT2D eigenvalue weighted by Crippen LogP contribution is -2.25. The lowest BCUT2D eigenvalue weighted by molar-refractivity contribution is 0.0467. The Kier molecular flexibility index (Phi) is 8.46. The summed E-state index contributed by atoms with van der Waals surface area (Å²) in [4.78, 5) is 0. The highest BCUT2D eigenvalue weighted by molar-refractivity contribution is 4.54. The molecule has 1 N–H and O–H groups in total. The molecule has 0 rings (SSSR count). The third-order valence-corrected chi connectivity index (χ3v) is 2.14. The fourth-order valence-electron chi connectivity index (χ4n) is 1.24. The predicted molar refractivity (Wildman–Crippen MR) is 58.1 cm³/mol. The van der Waals surface area contributed by atoms with E-state index < -0.39 is 0 Å². The van der Waals surface area contributed by atoms with Crippen molar-refractivity contribution >= 4 is 0 Å². The summed E-state index contributed by atoms with van der Waals surface area (Å²) < 4.78 is 5.68. The molecular formula is C11H25NO. The number of nitrogens with one attached hydrogen (secondary N) is 1. The summed E-state index contributed by atoms with van der Waals surface area (Å²) in [5.41, 5.74) is 0. The zero-order valence-electron chi connectivity index (χ0n) is 9.60. The maximum atomic E-state index is 5.68. The molecule has 0 aromatic rings. The van der Waals surface area contributed by atoms with Crippen LogP contribution in [0.1, 0.15) is 47.0 Å². The minimum Gasteiger partial charge on any atom is -0.378 e. The molecule has 0 aliphatic carbocycles. The fraction of sp³-hybridized carbons (Fsp3) is 1.00. The quantitative estimate of drug-likeness (QED) is 0.590. The molecule has 13 heavy (non-hydrogen) atoms. The van der Waals surface area contributed by atoms with Gasteiger partial charge in [0.1, 0.15) is 0 Å². The molecule has 0 heterocycles. The lowest BCUT2D eigenvalue weighted by Gasteiger charge is -2.14. The van der Waals surface area contributed by atoms with E-state index in [1.54, 1.807) is 0 Å². The van der Waals surface area contributed by atoms with Crippen molar-refractivity contribution < 1.29 is 4.74 Å². The molecule has 0 spiro atoms. The first-order valence-electron chi connectivity index (χ1n) is 5.55. The SMILES string of the molecule is CCC(CC)OCCCNC(C)C. The summed E-state index contributed by atoms with van der Waals surface area (Å²) in [6, 6.07) is 0.591. The molecule has 80 valence electrons. The molecule has 2 nitrogen and oxygen atoms in total. The first-order valence-corrected chi connectivity index (χ1v) is 5.55. The molecular weight excluding hydrogens is 162 g/mol. The van der Waals surface area contributed by atoms with E-state index in [-0.39, 0.29) is 0 Å². The Labute approximate surface area is 83.1 Å². The van der Waals surface area contributed by atoms with Gasteiger partial charge in [0.2, 0.25) is 0 Å². The maximum absolute atomic E-state index is 5.68. The lowest BCUT2D eigenvalue weighted by atomic mass is 10.2. The summed E-state index contributed by atoms with van der Waals surface area (Å²) in [6.07, 6.45) is 3.86. The molecule has 0 saturated carbocycles. The molecule has 0 unspecified atom stereocenters. The van der Waals surface area contributed by atoms with Crippen molar-refractivity contribution in [2.24, 2.45) is 0 Å². The predicted octanol–water partition coefficient (Wildman–Crippen LogP) is 2.58. The van der Waals surface area contributed by atoms with Crippen LogP contribution < -0.4 is 5.32 Å². The summed E-state index contributed by atoms with van der Waals surface area (Å²) in [7, 11) is 0. The van der Waals surface area contributed by atoms with E-state index in [4.69, 9.17) is 4.74 Å². The second-order valence-electron chi connectivity index (χ2n) is 3.77. The average molecular weight is 187 g/mol. The molecule has 0 atom stereocenters. The smallest absolute Gasteiger partial charge is 0.0569 e. The highest BCUT2D eigenvalue weighted by Crippen LogP contribution is 2.02. The van der Waals surface area contributed by atoms with Gasteiger partial charge in [0.05, 0.1) is 6.10 Å². The Morgan fingerprint density at radius 1 is 1.15 bits per heavy atom. The highest BCUT2D eigenvalue weighted by atomic mass is 16.5. The van der Waals surface area contributed by atoms with E-state index in [2.05, 4.69) is 33.0 Å². The van der Waals surface area contributed by atoms with Crippen LogP contribution >= 0.6 is 0 Å². The van der Waals surface area contributed by atoms with Gasteiger partial charge in [-0.05, 0) is 25.8 Å². The van der Waals surface area contributed by atoms with Gasteiger partial charge < -0.3 is 10.1 Å². The maximum Gasteiger partial charge on any atom is 0.0569 e. The normalized spacial score (nSPS) is 11.5. The molecule has 0 aromatic heterocycles. The molecule has 0 amide bonds. The molecule has 0 radical (unpaired) electrons. The molecule has 2 heteroatoms. The Bertz CT molecular complexity index is 100. The fourth-order valence-corrected chi connectivity index (χ4v) is 1.24. The van der Waals surface area contributed by atoms with Gasteiger partial charge in [-0.2, -0.15) is 0 Å². The topological polar surface area (TPSA) is 21.3 Å². The van der Waals surface area contributed by atoms with Crippen LogP contribution in [0.2, 0.25) is 0 Å². The summed E-state index contributed by atoms with van der Waals surface area (Å²) in [5.74, 6) is 0. The van der Waals surface area contributed by atoms with Crippen LogP contribution in [-0.4, -0.2) is 25.3 Å². The van der Waals surface area contributed by atoms with E-state index in [1.807, 2.05) is 0 Å². The molecule has 0 fully saturated rings. The van der Waals surface area contributed by atoms with Gasteiger partial charge in [-0.1, -0.05) is 27.7 Å². The van der Waals surface area contributed by atoms with Crippen LogP contribution in [0.15, 0.2) is 0 Å². The van der Waals surface area contributed by atoms with E-state index in [0.29, 0.717) is 12.1 Å². The Hall–Kier alpha value is -0.0800. The second-order valence-corrected chi connectivity index (χ2v) is 3.77. The Morgan fingerprint density at radius 3 is 2.23 bits per heavy atom. The van der Waals surface area contributed by atoms with Gasteiger partial charge in [-0.3, -0.25) is 0 Å². The van der Waals surface area contributed by atoms with E-state index in [1.165, 1.54) is 0 Å². The molecule has 0 bridgehead atoms. The van der Waals surface area contributed by atoms with Crippen LogP contribution in [-0.2, 0) is 4.74 Å². The van der Waals surface area contributed by atoms with Crippen LogP contribution in [0.25, 0.3) is 0 Å². The van der Waals surface area contributed by atoms with Crippen LogP contribution in [0.5, 0.6) is 0 Å². The minimum atomic E-state index is 0.471. The van der Waals surface area contributed by atoms with Crippen LogP contribution in [0, 0.1) is 0 Å². The molecule has 0 saturated heterocycles. The van der Waals surface area contributed by atoms with Gasteiger partial charge >= 0.3 is 0 Å². The molecule has 0 aromatic carbocycles.